The van der Waals surface area contributed by atoms with Crippen LogP contribution < -0.4 is 0 Å². The van der Waals surface area contributed by atoms with E-state index in [1.54, 1.807) is 24.3 Å². The maximum atomic E-state index is 8.89. The lowest BCUT2D eigenvalue weighted by molar-refractivity contribution is 0.312. The predicted octanol–water partition coefficient (Wildman–Crippen LogP) is 1.93. The number of furan rings is 2. The van der Waals surface area contributed by atoms with Gasteiger partial charge in [-0.1, -0.05) is 10.3 Å². The lowest BCUT2D eigenvalue weighted by Gasteiger charge is -2.00. The van der Waals surface area contributed by atoms with Crippen LogP contribution in [0.25, 0.3) is 0 Å². The van der Waals surface area contributed by atoms with Crippen LogP contribution in [0.3, 0.4) is 0 Å². The molecule has 0 saturated carbocycles. The Morgan fingerprint density at radius 3 is 1.56 bits per heavy atom. The summed E-state index contributed by atoms with van der Waals surface area (Å²) >= 11 is 0. The zero-order valence-electron chi connectivity index (χ0n) is 8.07. The molecule has 6 heteroatoms. The minimum atomic E-state index is -0.0116. The third-order valence-electron chi connectivity index (χ3n) is 1.93. The Labute approximate surface area is 90.1 Å². The molecule has 0 bridgehead atoms. The molecular weight excluding hydrogens is 212 g/mol. The van der Waals surface area contributed by atoms with Crippen LogP contribution in [-0.4, -0.2) is 21.8 Å². The van der Waals surface area contributed by atoms with Gasteiger partial charge in [0.2, 0.25) is 0 Å². The smallest absolute Gasteiger partial charge is 0.177 e. The first-order valence-corrected chi connectivity index (χ1v) is 4.39. The average molecular weight is 220 g/mol. The van der Waals surface area contributed by atoms with Gasteiger partial charge in [0, 0.05) is 0 Å². The zero-order chi connectivity index (χ0) is 11.4. The molecule has 6 nitrogen and oxygen atoms in total. The molecule has 0 aromatic carbocycles. The van der Waals surface area contributed by atoms with E-state index in [2.05, 4.69) is 10.3 Å². The number of rotatable bonds is 3. The third-order valence-corrected chi connectivity index (χ3v) is 1.93. The average Bonchev–Trinajstić information content (AvgIpc) is 2.97. The Balaban J connectivity index is 2.43. The monoisotopic (exact) mass is 220 g/mol. The van der Waals surface area contributed by atoms with Crippen LogP contribution in [-0.2, 0) is 0 Å². The first-order valence-electron chi connectivity index (χ1n) is 4.39. The van der Waals surface area contributed by atoms with Crippen LogP contribution in [0.1, 0.15) is 11.5 Å². The minimum Gasteiger partial charge on any atom is -0.463 e. The second-order valence-corrected chi connectivity index (χ2v) is 2.85. The topological polar surface area (TPSA) is 91.5 Å². The highest BCUT2D eigenvalue weighted by atomic mass is 16.4. The second kappa shape index (κ2) is 4.35. The number of oxime groups is 2. The molecule has 0 amide bonds. The quantitative estimate of drug-likeness (QED) is 0.469. The highest BCUT2D eigenvalue weighted by Crippen LogP contribution is 2.10. The third kappa shape index (κ3) is 1.68. The van der Waals surface area contributed by atoms with Crippen molar-refractivity contribution in [2.75, 3.05) is 0 Å². The van der Waals surface area contributed by atoms with Gasteiger partial charge in [-0.25, -0.2) is 0 Å². The molecule has 0 saturated heterocycles. The van der Waals surface area contributed by atoms with E-state index >= 15 is 0 Å². The van der Waals surface area contributed by atoms with Crippen molar-refractivity contribution in [3.05, 3.63) is 48.3 Å². The Hall–Kier alpha value is -2.50. The molecule has 0 spiro atoms. The Morgan fingerprint density at radius 2 is 1.31 bits per heavy atom. The van der Waals surface area contributed by atoms with Gasteiger partial charge < -0.3 is 19.2 Å². The van der Waals surface area contributed by atoms with Gasteiger partial charge in [-0.15, -0.1) is 0 Å². The van der Waals surface area contributed by atoms with Crippen LogP contribution in [0.15, 0.2) is 55.9 Å². The molecule has 2 heterocycles. The summed E-state index contributed by atoms with van der Waals surface area (Å²) in [7, 11) is 0. The first-order chi connectivity index (χ1) is 7.86. The van der Waals surface area contributed by atoms with Gasteiger partial charge in [-0.3, -0.25) is 0 Å². The van der Waals surface area contributed by atoms with E-state index in [4.69, 9.17) is 19.2 Å². The molecule has 0 aliphatic heterocycles. The molecule has 0 aliphatic rings. The molecule has 2 N–H and O–H groups in total. The van der Waals surface area contributed by atoms with E-state index in [0.29, 0.717) is 0 Å². The van der Waals surface area contributed by atoms with E-state index in [1.165, 1.54) is 12.5 Å². The maximum Gasteiger partial charge on any atom is 0.177 e. The molecule has 0 fully saturated rings. The summed E-state index contributed by atoms with van der Waals surface area (Å²) in [6, 6.07) is 6.39. The molecule has 82 valence electrons. The van der Waals surface area contributed by atoms with Gasteiger partial charge >= 0.3 is 0 Å². The summed E-state index contributed by atoms with van der Waals surface area (Å²) in [5, 5.41) is 23.8. The van der Waals surface area contributed by atoms with Crippen LogP contribution in [0.5, 0.6) is 0 Å². The summed E-state index contributed by atoms with van der Waals surface area (Å²) in [4.78, 5) is 0. The number of hydrogen-bond donors (Lipinski definition) is 2. The van der Waals surface area contributed by atoms with Gasteiger partial charge in [0.25, 0.3) is 0 Å². The predicted molar refractivity (Wildman–Crippen MR) is 54.1 cm³/mol. The summed E-state index contributed by atoms with van der Waals surface area (Å²) < 4.78 is 10.1. The van der Waals surface area contributed by atoms with Crippen molar-refractivity contribution in [1.82, 2.24) is 0 Å². The number of hydrogen-bond acceptors (Lipinski definition) is 6. The Morgan fingerprint density at radius 1 is 0.875 bits per heavy atom. The van der Waals surface area contributed by atoms with Gasteiger partial charge in [0.15, 0.2) is 22.9 Å². The summed E-state index contributed by atoms with van der Waals surface area (Å²) in [5.41, 5.74) is -0.0232. The Bertz CT molecular complexity index is 449. The van der Waals surface area contributed by atoms with E-state index in [0.717, 1.165) is 0 Å². The molecule has 16 heavy (non-hydrogen) atoms. The van der Waals surface area contributed by atoms with Crippen molar-refractivity contribution in [3.63, 3.8) is 0 Å². The zero-order valence-corrected chi connectivity index (χ0v) is 8.07. The summed E-state index contributed by atoms with van der Waals surface area (Å²) in [5.74, 6) is 0.540. The highest BCUT2D eigenvalue weighted by Gasteiger charge is 2.20. The maximum absolute atomic E-state index is 8.89. The fourth-order valence-corrected chi connectivity index (χ4v) is 1.25. The van der Waals surface area contributed by atoms with E-state index in [9.17, 15) is 0 Å². The molecule has 2 rings (SSSR count). The van der Waals surface area contributed by atoms with Crippen molar-refractivity contribution >= 4 is 11.4 Å². The van der Waals surface area contributed by atoms with Crippen LogP contribution in [0.2, 0.25) is 0 Å². The normalized spacial score (nSPS) is 13.0. The molecular formula is C10H8N2O4. The standard InChI is InChI=1S/C10H8N2O4/c13-11-9(7-3-1-5-15-7)10(12-14)8-4-2-6-16-8/h1-6,13-14H. The van der Waals surface area contributed by atoms with Gasteiger partial charge in [0.05, 0.1) is 12.5 Å². The van der Waals surface area contributed by atoms with Crippen molar-refractivity contribution in [2.45, 2.75) is 0 Å². The Kier molecular flexibility index (Phi) is 2.73. The number of nitrogens with zero attached hydrogens (tertiary/aromatic N) is 2. The molecule has 0 radical (unpaired) electrons. The van der Waals surface area contributed by atoms with E-state index in [1.807, 2.05) is 0 Å². The van der Waals surface area contributed by atoms with E-state index in [-0.39, 0.29) is 22.9 Å². The van der Waals surface area contributed by atoms with Crippen molar-refractivity contribution in [1.29, 1.82) is 0 Å². The largest absolute Gasteiger partial charge is 0.463 e. The van der Waals surface area contributed by atoms with Gasteiger partial charge in [-0.2, -0.15) is 0 Å². The van der Waals surface area contributed by atoms with Crippen molar-refractivity contribution < 1.29 is 19.2 Å². The first kappa shape index (κ1) is 10.0. The highest BCUT2D eigenvalue weighted by molar-refractivity contribution is 6.52. The summed E-state index contributed by atoms with van der Waals surface area (Å²) in [6.07, 6.45) is 2.83. The van der Waals surface area contributed by atoms with Gasteiger partial charge in [0.1, 0.15) is 0 Å². The fourth-order valence-electron chi connectivity index (χ4n) is 1.25. The lowest BCUT2D eigenvalue weighted by atomic mass is 10.1. The van der Waals surface area contributed by atoms with Gasteiger partial charge in [-0.05, 0) is 24.3 Å². The van der Waals surface area contributed by atoms with Crippen molar-refractivity contribution in [2.24, 2.45) is 10.3 Å². The van der Waals surface area contributed by atoms with Crippen LogP contribution in [0.4, 0.5) is 0 Å². The second-order valence-electron chi connectivity index (χ2n) is 2.85. The molecule has 2 aromatic heterocycles. The molecule has 0 aliphatic carbocycles. The van der Waals surface area contributed by atoms with Crippen LogP contribution >= 0.6 is 0 Å². The van der Waals surface area contributed by atoms with Crippen LogP contribution in [0, 0.1) is 0 Å². The summed E-state index contributed by atoms with van der Waals surface area (Å²) in [6.45, 7) is 0. The lowest BCUT2D eigenvalue weighted by Crippen LogP contribution is -2.16. The molecule has 0 unspecified atom stereocenters. The molecule has 0 atom stereocenters. The van der Waals surface area contributed by atoms with Crippen molar-refractivity contribution in [3.8, 4) is 0 Å². The van der Waals surface area contributed by atoms with E-state index < -0.39 is 0 Å². The minimum absolute atomic E-state index is 0.0116. The molecule has 2 aromatic rings. The fraction of sp³-hybridized carbons (Fsp3) is 0. The SMILES string of the molecule is ON=C(C(=NO)c1ccco1)c1ccco1.